The van der Waals surface area contributed by atoms with Crippen LogP contribution in [0, 0.1) is 0 Å². The molecule has 0 atom stereocenters. The molecule has 1 aromatic heterocycles. The van der Waals surface area contributed by atoms with Gasteiger partial charge < -0.3 is 10.4 Å². The molecule has 1 fully saturated rings. The van der Waals surface area contributed by atoms with Gasteiger partial charge in [0.25, 0.3) is 0 Å². The molecule has 5 nitrogen and oxygen atoms in total. The second kappa shape index (κ2) is 5.80. The Labute approximate surface area is 124 Å². The number of nitrogens with zero attached hydrogens (tertiary/aromatic N) is 2. The number of anilines is 1. The number of carbonyl (C=O) groups is 1. The maximum Gasteiger partial charge on any atom is 0.335 e. The van der Waals surface area contributed by atoms with Gasteiger partial charge in [0.1, 0.15) is 0 Å². The van der Waals surface area contributed by atoms with E-state index in [0.717, 1.165) is 15.0 Å². The Morgan fingerprint density at radius 2 is 2.30 bits per heavy atom. The van der Waals surface area contributed by atoms with Crippen LogP contribution in [0.5, 0.6) is 0 Å². The van der Waals surface area contributed by atoms with Crippen LogP contribution >= 0.6 is 23.1 Å². The standard InChI is InChI=1S/C13H13N3O2S2/c17-11(18)9-3-1-2-8(6-9)7-19-13-16-15-12(20-13)14-10-4-5-10/h1-3,6,10H,4-5,7H2,(H,14,15)(H,17,18). The Bertz CT molecular complexity index is 626. The molecule has 1 heterocycles. The minimum Gasteiger partial charge on any atom is -0.478 e. The van der Waals surface area contributed by atoms with E-state index in [0.29, 0.717) is 17.4 Å². The molecule has 1 aliphatic rings. The van der Waals surface area contributed by atoms with Crippen molar-refractivity contribution < 1.29 is 9.90 Å². The summed E-state index contributed by atoms with van der Waals surface area (Å²) in [5.41, 5.74) is 1.29. The minimum atomic E-state index is -0.899. The van der Waals surface area contributed by atoms with E-state index in [-0.39, 0.29) is 0 Å². The molecule has 0 amide bonds. The van der Waals surface area contributed by atoms with Crippen LogP contribution in [0.2, 0.25) is 0 Å². The van der Waals surface area contributed by atoms with E-state index in [1.807, 2.05) is 6.07 Å². The van der Waals surface area contributed by atoms with Gasteiger partial charge in [0.2, 0.25) is 5.13 Å². The van der Waals surface area contributed by atoms with E-state index in [1.54, 1.807) is 41.3 Å². The summed E-state index contributed by atoms with van der Waals surface area (Å²) in [6, 6.07) is 7.55. The lowest BCUT2D eigenvalue weighted by atomic mass is 10.1. The minimum absolute atomic E-state index is 0.316. The first-order valence-corrected chi connectivity index (χ1v) is 8.06. The van der Waals surface area contributed by atoms with E-state index in [1.165, 1.54) is 12.8 Å². The number of hydrogen-bond acceptors (Lipinski definition) is 6. The van der Waals surface area contributed by atoms with Crippen LogP contribution in [0.4, 0.5) is 5.13 Å². The summed E-state index contributed by atoms with van der Waals surface area (Å²) in [7, 11) is 0. The highest BCUT2D eigenvalue weighted by molar-refractivity contribution is 8.00. The molecule has 0 unspecified atom stereocenters. The Balaban J connectivity index is 1.59. The Hall–Kier alpha value is -1.60. The Morgan fingerprint density at radius 1 is 1.45 bits per heavy atom. The normalized spacial score (nSPS) is 14.2. The molecule has 1 saturated carbocycles. The van der Waals surface area contributed by atoms with Crippen molar-refractivity contribution >= 4 is 34.2 Å². The van der Waals surface area contributed by atoms with Crippen LogP contribution in [0.1, 0.15) is 28.8 Å². The lowest BCUT2D eigenvalue weighted by molar-refractivity contribution is 0.0697. The summed E-state index contributed by atoms with van der Waals surface area (Å²) in [6.07, 6.45) is 2.42. The third-order valence-electron chi connectivity index (χ3n) is 2.85. The zero-order valence-corrected chi connectivity index (χ0v) is 12.2. The predicted octanol–water partition coefficient (Wildman–Crippen LogP) is 3.10. The molecule has 0 aliphatic heterocycles. The first kappa shape index (κ1) is 13.4. The molecule has 0 radical (unpaired) electrons. The SMILES string of the molecule is O=C(O)c1cccc(CSc2nnc(NC3CC3)s2)c1. The summed E-state index contributed by atoms with van der Waals surface area (Å²) in [6.45, 7) is 0. The summed E-state index contributed by atoms with van der Waals surface area (Å²) in [4.78, 5) is 10.9. The van der Waals surface area contributed by atoms with Crippen molar-refractivity contribution in [2.24, 2.45) is 0 Å². The van der Waals surface area contributed by atoms with Crippen LogP contribution < -0.4 is 5.32 Å². The molecule has 0 saturated heterocycles. The van der Waals surface area contributed by atoms with Crippen LogP contribution in [-0.4, -0.2) is 27.3 Å². The molecule has 104 valence electrons. The van der Waals surface area contributed by atoms with Crippen molar-refractivity contribution in [2.75, 3.05) is 5.32 Å². The molecule has 7 heteroatoms. The fourth-order valence-corrected chi connectivity index (χ4v) is 3.44. The van der Waals surface area contributed by atoms with Gasteiger partial charge in [-0.25, -0.2) is 4.79 Å². The second-order valence-corrected chi connectivity index (χ2v) is 6.79. The van der Waals surface area contributed by atoms with E-state index in [9.17, 15) is 4.79 Å². The number of carboxylic acid groups (broad SMARTS) is 1. The van der Waals surface area contributed by atoms with Gasteiger partial charge in [-0.15, -0.1) is 10.2 Å². The third-order valence-corrected chi connectivity index (χ3v) is 4.91. The average Bonchev–Trinajstić information content (AvgIpc) is 3.14. The van der Waals surface area contributed by atoms with Crippen molar-refractivity contribution in [2.45, 2.75) is 29.0 Å². The Morgan fingerprint density at radius 3 is 3.05 bits per heavy atom. The van der Waals surface area contributed by atoms with Crippen molar-refractivity contribution in [1.82, 2.24) is 10.2 Å². The van der Waals surface area contributed by atoms with Crippen LogP contribution in [-0.2, 0) is 5.75 Å². The lowest BCUT2D eigenvalue weighted by Gasteiger charge is -2.00. The summed E-state index contributed by atoms with van der Waals surface area (Å²) >= 11 is 3.12. The monoisotopic (exact) mass is 307 g/mol. The van der Waals surface area contributed by atoms with Crippen LogP contribution in [0.3, 0.4) is 0 Å². The molecule has 0 bridgehead atoms. The number of thioether (sulfide) groups is 1. The summed E-state index contributed by atoms with van der Waals surface area (Å²) < 4.78 is 0.897. The highest BCUT2D eigenvalue weighted by atomic mass is 32.2. The zero-order chi connectivity index (χ0) is 13.9. The Kier molecular flexibility index (Phi) is 3.88. The third kappa shape index (κ3) is 3.49. The number of nitrogens with one attached hydrogen (secondary N) is 1. The fraction of sp³-hybridized carbons (Fsp3) is 0.308. The second-order valence-electron chi connectivity index (χ2n) is 4.59. The molecule has 1 aromatic carbocycles. The van der Waals surface area contributed by atoms with E-state index in [4.69, 9.17) is 5.11 Å². The highest BCUT2D eigenvalue weighted by Gasteiger charge is 2.22. The molecule has 1 aliphatic carbocycles. The number of aromatic nitrogens is 2. The van der Waals surface area contributed by atoms with E-state index >= 15 is 0 Å². The fourth-order valence-electron chi connectivity index (χ4n) is 1.67. The smallest absolute Gasteiger partial charge is 0.335 e. The first-order chi connectivity index (χ1) is 9.70. The topological polar surface area (TPSA) is 75.1 Å². The van der Waals surface area contributed by atoms with Gasteiger partial charge in [0, 0.05) is 11.8 Å². The number of benzene rings is 1. The number of carboxylic acids is 1. The number of aromatic carboxylic acids is 1. The van der Waals surface area contributed by atoms with Gasteiger partial charge in [0.05, 0.1) is 5.56 Å². The van der Waals surface area contributed by atoms with Gasteiger partial charge in [-0.05, 0) is 30.5 Å². The molecular weight excluding hydrogens is 294 g/mol. The highest BCUT2D eigenvalue weighted by Crippen LogP contribution is 2.31. The summed E-state index contributed by atoms with van der Waals surface area (Å²) in [5.74, 6) is -0.206. The van der Waals surface area contributed by atoms with Gasteiger partial charge in [-0.3, -0.25) is 0 Å². The average molecular weight is 307 g/mol. The molecule has 0 spiro atoms. The molecular formula is C13H13N3O2S2. The van der Waals surface area contributed by atoms with Gasteiger partial charge in [-0.1, -0.05) is 35.2 Å². The molecule has 2 N–H and O–H groups in total. The lowest BCUT2D eigenvalue weighted by Crippen LogP contribution is -1.99. The maximum atomic E-state index is 10.9. The van der Waals surface area contributed by atoms with Gasteiger partial charge >= 0.3 is 5.97 Å². The van der Waals surface area contributed by atoms with Crippen LogP contribution in [0.25, 0.3) is 0 Å². The maximum absolute atomic E-state index is 10.9. The van der Waals surface area contributed by atoms with E-state index < -0.39 is 5.97 Å². The van der Waals surface area contributed by atoms with Crippen LogP contribution in [0.15, 0.2) is 28.6 Å². The van der Waals surface area contributed by atoms with Gasteiger partial charge in [0.15, 0.2) is 4.34 Å². The van der Waals surface area contributed by atoms with Crippen molar-refractivity contribution in [3.8, 4) is 0 Å². The first-order valence-electron chi connectivity index (χ1n) is 6.26. The summed E-state index contributed by atoms with van der Waals surface area (Å²) in [5, 5.41) is 21.4. The number of rotatable bonds is 6. The predicted molar refractivity (Wildman–Crippen MR) is 79.5 cm³/mol. The largest absolute Gasteiger partial charge is 0.478 e. The van der Waals surface area contributed by atoms with Gasteiger partial charge in [-0.2, -0.15) is 0 Å². The number of hydrogen-bond donors (Lipinski definition) is 2. The van der Waals surface area contributed by atoms with E-state index in [2.05, 4.69) is 15.5 Å². The van der Waals surface area contributed by atoms with Crippen molar-refractivity contribution in [3.05, 3.63) is 35.4 Å². The van der Waals surface area contributed by atoms with Crippen molar-refractivity contribution in [3.63, 3.8) is 0 Å². The molecule has 3 rings (SSSR count). The zero-order valence-electron chi connectivity index (χ0n) is 10.6. The molecule has 2 aromatic rings. The molecule has 20 heavy (non-hydrogen) atoms. The van der Waals surface area contributed by atoms with Crippen molar-refractivity contribution in [1.29, 1.82) is 0 Å². The quantitative estimate of drug-likeness (QED) is 0.799.